The molecule has 0 aliphatic carbocycles. The van der Waals surface area contributed by atoms with Crippen molar-refractivity contribution in [2.75, 3.05) is 19.8 Å². The number of nitrogens with zero attached hydrogens (tertiary/aromatic N) is 1. The second kappa shape index (κ2) is 6.64. The molecule has 1 rings (SSSR count). The van der Waals surface area contributed by atoms with Crippen molar-refractivity contribution in [3.8, 4) is 0 Å². The van der Waals surface area contributed by atoms with Crippen molar-refractivity contribution >= 4 is 11.9 Å². The second-order valence-electron chi connectivity index (χ2n) is 5.84. The van der Waals surface area contributed by atoms with Crippen LogP contribution in [0, 0.1) is 5.41 Å². The molecule has 1 fully saturated rings. The Labute approximate surface area is 121 Å². The van der Waals surface area contributed by atoms with Crippen molar-refractivity contribution in [1.82, 2.24) is 4.90 Å². The van der Waals surface area contributed by atoms with E-state index < -0.39 is 36.1 Å². The van der Waals surface area contributed by atoms with Gasteiger partial charge in [0.1, 0.15) is 12.6 Å². The molecular formula is C13H20F3NO4. The number of hydrogen-bond donors (Lipinski definition) is 1. The lowest BCUT2D eigenvalue weighted by molar-refractivity contribution is -0.176. The van der Waals surface area contributed by atoms with Gasteiger partial charge in [0, 0.05) is 6.54 Å². The highest BCUT2D eigenvalue weighted by Crippen LogP contribution is 2.35. The highest BCUT2D eigenvalue weighted by Gasteiger charge is 2.44. The Morgan fingerprint density at radius 1 is 1.38 bits per heavy atom. The van der Waals surface area contributed by atoms with Crippen LogP contribution in [-0.2, 0) is 14.3 Å². The summed E-state index contributed by atoms with van der Waals surface area (Å²) in [7, 11) is 0. The highest BCUT2D eigenvalue weighted by molar-refractivity contribution is 5.84. The van der Waals surface area contributed by atoms with Gasteiger partial charge in [-0.25, -0.2) is 4.79 Å². The Kier molecular flexibility index (Phi) is 5.61. The minimum Gasteiger partial charge on any atom is -0.480 e. The summed E-state index contributed by atoms with van der Waals surface area (Å²) in [6, 6.07) is -0.957. The Morgan fingerprint density at radius 2 is 2.00 bits per heavy atom. The van der Waals surface area contributed by atoms with E-state index in [0.717, 1.165) is 0 Å². The number of hydrogen-bond acceptors (Lipinski definition) is 3. The van der Waals surface area contributed by atoms with Gasteiger partial charge >= 0.3 is 12.1 Å². The van der Waals surface area contributed by atoms with Gasteiger partial charge in [-0.1, -0.05) is 13.8 Å². The van der Waals surface area contributed by atoms with Crippen molar-refractivity contribution in [2.45, 2.75) is 45.3 Å². The van der Waals surface area contributed by atoms with Gasteiger partial charge < -0.3 is 14.7 Å². The summed E-state index contributed by atoms with van der Waals surface area (Å²) in [4.78, 5) is 24.6. The van der Waals surface area contributed by atoms with Crippen LogP contribution in [0.25, 0.3) is 0 Å². The van der Waals surface area contributed by atoms with Crippen LogP contribution in [0.15, 0.2) is 0 Å². The van der Waals surface area contributed by atoms with Crippen LogP contribution in [0.3, 0.4) is 0 Å². The number of halogens is 3. The zero-order valence-electron chi connectivity index (χ0n) is 12.1. The molecule has 1 aliphatic heterocycles. The van der Waals surface area contributed by atoms with Gasteiger partial charge in [0.25, 0.3) is 0 Å². The maximum absolute atomic E-state index is 12.0. The molecule has 21 heavy (non-hydrogen) atoms. The molecule has 5 nitrogen and oxygen atoms in total. The normalized spacial score (nSPS) is 22.1. The Morgan fingerprint density at radius 3 is 2.52 bits per heavy atom. The number of carbonyl (C=O) groups is 2. The smallest absolute Gasteiger partial charge is 0.411 e. The third kappa shape index (κ3) is 5.18. The Balaban J connectivity index is 2.57. The number of aliphatic carboxylic acids is 1. The van der Waals surface area contributed by atoms with Gasteiger partial charge in [-0.05, 0) is 18.3 Å². The lowest BCUT2D eigenvalue weighted by Crippen LogP contribution is -2.56. The number of ether oxygens (including phenoxy) is 1. The molecule has 0 aromatic heterocycles. The van der Waals surface area contributed by atoms with Crippen LogP contribution in [-0.4, -0.2) is 53.9 Å². The Hall–Kier alpha value is -1.31. The summed E-state index contributed by atoms with van der Waals surface area (Å²) < 4.78 is 40.1. The molecule has 0 aromatic rings. The van der Waals surface area contributed by atoms with Gasteiger partial charge in [0.15, 0.2) is 0 Å². The number of alkyl halides is 3. The second-order valence-corrected chi connectivity index (χ2v) is 5.84. The van der Waals surface area contributed by atoms with Crippen molar-refractivity contribution < 1.29 is 32.6 Å². The van der Waals surface area contributed by atoms with Gasteiger partial charge in [0.2, 0.25) is 5.91 Å². The SMILES string of the molecule is CC1(C)CCCN(C(=O)CCOCC(F)(F)F)C1C(=O)O. The van der Waals surface area contributed by atoms with Crippen LogP contribution < -0.4 is 0 Å². The summed E-state index contributed by atoms with van der Waals surface area (Å²) in [6.07, 6.45) is -3.33. The third-order valence-electron chi connectivity index (χ3n) is 3.55. The van der Waals surface area contributed by atoms with Crippen LogP contribution in [0.5, 0.6) is 0 Å². The predicted octanol–water partition coefficient (Wildman–Crippen LogP) is 2.06. The molecule has 1 unspecified atom stereocenters. The topological polar surface area (TPSA) is 66.8 Å². The fourth-order valence-electron chi connectivity index (χ4n) is 2.62. The molecule has 0 saturated carbocycles. The van der Waals surface area contributed by atoms with Gasteiger partial charge in [0.05, 0.1) is 13.0 Å². The first-order chi connectivity index (χ1) is 9.54. The van der Waals surface area contributed by atoms with E-state index >= 15 is 0 Å². The molecule has 1 atom stereocenters. The molecule has 0 radical (unpaired) electrons. The van der Waals surface area contributed by atoms with Crippen LogP contribution in [0.1, 0.15) is 33.1 Å². The molecule has 0 bridgehead atoms. The quantitative estimate of drug-likeness (QED) is 0.789. The van der Waals surface area contributed by atoms with E-state index in [1.54, 1.807) is 13.8 Å². The molecule has 0 spiro atoms. The van der Waals surface area contributed by atoms with Gasteiger partial charge in [-0.2, -0.15) is 13.2 Å². The molecule has 8 heteroatoms. The van der Waals surface area contributed by atoms with Crippen molar-refractivity contribution in [2.24, 2.45) is 5.41 Å². The standard InChI is InChI=1S/C13H20F3NO4/c1-12(2)5-3-6-17(10(12)11(19)20)9(18)4-7-21-8-13(14,15)16/h10H,3-8H2,1-2H3,(H,19,20). The third-order valence-corrected chi connectivity index (χ3v) is 3.55. The number of carboxylic acids is 1. The molecule has 1 N–H and O–H groups in total. The zero-order chi connectivity index (χ0) is 16.3. The lowest BCUT2D eigenvalue weighted by atomic mass is 9.76. The molecule has 1 amide bonds. The van der Waals surface area contributed by atoms with Crippen molar-refractivity contribution in [1.29, 1.82) is 0 Å². The maximum Gasteiger partial charge on any atom is 0.411 e. The van der Waals surface area contributed by atoms with E-state index in [4.69, 9.17) is 0 Å². The van der Waals surface area contributed by atoms with E-state index in [1.807, 2.05) is 0 Å². The van der Waals surface area contributed by atoms with Crippen molar-refractivity contribution in [3.63, 3.8) is 0 Å². The van der Waals surface area contributed by atoms with E-state index in [-0.39, 0.29) is 13.0 Å². The molecule has 1 saturated heterocycles. The minimum absolute atomic E-state index is 0.254. The molecular weight excluding hydrogens is 291 g/mol. The van der Waals surface area contributed by atoms with E-state index in [0.29, 0.717) is 19.4 Å². The van der Waals surface area contributed by atoms with Gasteiger partial charge in [-0.3, -0.25) is 4.79 Å². The number of amides is 1. The van der Waals surface area contributed by atoms with E-state index in [9.17, 15) is 27.9 Å². The van der Waals surface area contributed by atoms with Crippen LogP contribution in [0.2, 0.25) is 0 Å². The number of carboxylic acid groups (broad SMARTS) is 1. The number of likely N-dealkylation sites (tertiary alicyclic amines) is 1. The largest absolute Gasteiger partial charge is 0.480 e. The van der Waals surface area contributed by atoms with Crippen LogP contribution in [0.4, 0.5) is 13.2 Å². The zero-order valence-corrected chi connectivity index (χ0v) is 12.1. The fourth-order valence-corrected chi connectivity index (χ4v) is 2.62. The first-order valence-electron chi connectivity index (χ1n) is 6.71. The molecule has 1 heterocycles. The monoisotopic (exact) mass is 311 g/mol. The fraction of sp³-hybridized carbons (Fsp3) is 0.846. The number of carbonyl (C=O) groups excluding carboxylic acids is 1. The summed E-state index contributed by atoms with van der Waals surface area (Å²) >= 11 is 0. The summed E-state index contributed by atoms with van der Waals surface area (Å²) in [6.45, 7) is 2.06. The highest BCUT2D eigenvalue weighted by atomic mass is 19.4. The number of rotatable bonds is 5. The number of piperidine rings is 1. The summed E-state index contributed by atoms with van der Waals surface area (Å²) in [5.74, 6) is -1.58. The van der Waals surface area contributed by atoms with Crippen molar-refractivity contribution in [3.05, 3.63) is 0 Å². The molecule has 122 valence electrons. The summed E-state index contributed by atoms with van der Waals surface area (Å²) in [5.41, 5.74) is -0.563. The first-order valence-corrected chi connectivity index (χ1v) is 6.71. The molecule has 0 aromatic carbocycles. The van der Waals surface area contributed by atoms with Gasteiger partial charge in [-0.15, -0.1) is 0 Å². The Bertz CT molecular complexity index is 395. The lowest BCUT2D eigenvalue weighted by Gasteiger charge is -2.44. The predicted molar refractivity (Wildman–Crippen MR) is 67.6 cm³/mol. The average molecular weight is 311 g/mol. The van der Waals surface area contributed by atoms with E-state index in [1.165, 1.54) is 4.90 Å². The first kappa shape index (κ1) is 17.7. The molecule has 1 aliphatic rings. The van der Waals surface area contributed by atoms with Crippen LogP contribution >= 0.6 is 0 Å². The average Bonchev–Trinajstić information content (AvgIpc) is 2.31. The summed E-state index contributed by atoms with van der Waals surface area (Å²) in [5, 5.41) is 9.30. The minimum atomic E-state index is -4.43. The maximum atomic E-state index is 12.0. The van der Waals surface area contributed by atoms with E-state index in [2.05, 4.69) is 4.74 Å².